The number of aromatic nitrogens is 2. The van der Waals surface area contributed by atoms with Crippen molar-refractivity contribution in [2.75, 3.05) is 80.1 Å². The molecule has 2 aromatic carbocycles. The van der Waals surface area contributed by atoms with Crippen LogP contribution in [0.4, 0.5) is 34.5 Å². The van der Waals surface area contributed by atoms with Gasteiger partial charge in [0, 0.05) is 48.9 Å². The first-order chi connectivity index (χ1) is 16.8. The maximum Gasteiger partial charge on any atom is 0.229 e. The van der Waals surface area contributed by atoms with E-state index in [0.29, 0.717) is 17.5 Å². The van der Waals surface area contributed by atoms with E-state index in [1.54, 1.807) is 13.3 Å². The lowest BCUT2D eigenvalue weighted by Gasteiger charge is -2.29. The monoisotopic (exact) mass is 462 g/mol. The molecule has 2 aliphatic heterocycles. The highest BCUT2D eigenvalue weighted by atomic mass is 16.5. The molecule has 0 aliphatic carbocycles. The highest BCUT2D eigenvalue weighted by Gasteiger charge is 2.13. The second kappa shape index (κ2) is 10.6. The predicted molar refractivity (Wildman–Crippen MR) is 134 cm³/mol. The molecule has 5 rings (SSSR count). The van der Waals surface area contributed by atoms with Gasteiger partial charge in [-0.15, -0.1) is 0 Å². The summed E-state index contributed by atoms with van der Waals surface area (Å²) < 4.78 is 16.4. The summed E-state index contributed by atoms with van der Waals surface area (Å²) in [5.74, 6) is 1.67. The van der Waals surface area contributed by atoms with Crippen LogP contribution in [0.15, 0.2) is 54.7 Å². The van der Waals surface area contributed by atoms with Gasteiger partial charge in [-0.2, -0.15) is 4.98 Å². The molecule has 9 heteroatoms. The van der Waals surface area contributed by atoms with Crippen molar-refractivity contribution < 1.29 is 14.2 Å². The fourth-order valence-electron chi connectivity index (χ4n) is 4.09. The maximum absolute atomic E-state index is 5.47. The van der Waals surface area contributed by atoms with E-state index in [1.165, 1.54) is 11.4 Å². The van der Waals surface area contributed by atoms with Gasteiger partial charge < -0.3 is 34.6 Å². The lowest BCUT2D eigenvalue weighted by molar-refractivity contribution is 0.122. The van der Waals surface area contributed by atoms with Crippen molar-refractivity contribution in [3.63, 3.8) is 0 Å². The van der Waals surface area contributed by atoms with Gasteiger partial charge in [-0.05, 0) is 48.5 Å². The van der Waals surface area contributed by atoms with Crippen LogP contribution in [0.3, 0.4) is 0 Å². The van der Waals surface area contributed by atoms with Crippen molar-refractivity contribution in [2.45, 2.75) is 0 Å². The fourth-order valence-corrected chi connectivity index (χ4v) is 4.09. The Morgan fingerprint density at radius 2 is 1.24 bits per heavy atom. The molecule has 3 heterocycles. The van der Waals surface area contributed by atoms with E-state index in [-0.39, 0.29) is 0 Å². The molecule has 0 bridgehead atoms. The number of ether oxygens (including phenoxy) is 3. The smallest absolute Gasteiger partial charge is 0.229 e. The largest absolute Gasteiger partial charge is 0.491 e. The molecule has 3 aromatic rings. The maximum atomic E-state index is 5.47. The van der Waals surface area contributed by atoms with Crippen LogP contribution >= 0.6 is 0 Å². The summed E-state index contributed by atoms with van der Waals surface area (Å²) in [6, 6.07) is 16.6. The van der Waals surface area contributed by atoms with Gasteiger partial charge in [0.1, 0.15) is 0 Å². The van der Waals surface area contributed by atoms with Gasteiger partial charge in [-0.3, -0.25) is 0 Å². The van der Waals surface area contributed by atoms with Gasteiger partial charge in [-0.1, -0.05) is 0 Å². The van der Waals surface area contributed by atoms with Crippen LogP contribution in [0.5, 0.6) is 5.75 Å². The summed E-state index contributed by atoms with van der Waals surface area (Å²) in [6.07, 6.45) is 1.67. The Morgan fingerprint density at radius 1 is 0.735 bits per heavy atom. The third-order valence-electron chi connectivity index (χ3n) is 5.98. The molecule has 34 heavy (non-hydrogen) atoms. The average molecular weight is 463 g/mol. The zero-order valence-corrected chi connectivity index (χ0v) is 19.4. The molecule has 2 saturated heterocycles. The molecule has 0 spiro atoms. The summed E-state index contributed by atoms with van der Waals surface area (Å²) in [4.78, 5) is 13.7. The number of hydrogen-bond donors (Lipinski definition) is 2. The third kappa shape index (κ3) is 5.32. The first-order valence-electron chi connectivity index (χ1n) is 11.6. The third-order valence-corrected chi connectivity index (χ3v) is 5.98. The normalized spacial score (nSPS) is 16.3. The molecule has 2 fully saturated rings. The quantitative estimate of drug-likeness (QED) is 0.547. The molecule has 0 unspecified atom stereocenters. The van der Waals surface area contributed by atoms with Crippen molar-refractivity contribution in [3.05, 3.63) is 54.7 Å². The minimum absolute atomic E-state index is 0.493. The van der Waals surface area contributed by atoms with Crippen LogP contribution in [-0.4, -0.2) is 69.7 Å². The zero-order chi connectivity index (χ0) is 23.2. The first kappa shape index (κ1) is 22.2. The average Bonchev–Trinajstić information content (AvgIpc) is 2.91. The summed E-state index contributed by atoms with van der Waals surface area (Å²) in [7, 11) is 1.61. The lowest BCUT2D eigenvalue weighted by Crippen LogP contribution is -2.36. The van der Waals surface area contributed by atoms with Crippen molar-refractivity contribution in [2.24, 2.45) is 0 Å². The van der Waals surface area contributed by atoms with E-state index in [0.717, 1.165) is 64.0 Å². The first-order valence-corrected chi connectivity index (χ1v) is 11.6. The van der Waals surface area contributed by atoms with Crippen LogP contribution < -0.4 is 25.2 Å². The Balaban J connectivity index is 1.27. The molecular formula is C25H30N6O3. The van der Waals surface area contributed by atoms with E-state index in [4.69, 9.17) is 14.2 Å². The Kier molecular flexibility index (Phi) is 6.92. The summed E-state index contributed by atoms with van der Waals surface area (Å²) in [5, 5.41) is 6.64. The van der Waals surface area contributed by atoms with Gasteiger partial charge in [0.05, 0.1) is 39.7 Å². The van der Waals surface area contributed by atoms with Crippen LogP contribution in [0.25, 0.3) is 0 Å². The van der Waals surface area contributed by atoms with Crippen LogP contribution in [0.1, 0.15) is 0 Å². The summed E-state index contributed by atoms with van der Waals surface area (Å²) >= 11 is 0. The molecule has 0 radical (unpaired) electrons. The topological polar surface area (TPSA) is 84.0 Å². The number of methoxy groups -OCH3 is 1. The van der Waals surface area contributed by atoms with Crippen LogP contribution in [-0.2, 0) is 9.47 Å². The van der Waals surface area contributed by atoms with Gasteiger partial charge in [0.15, 0.2) is 11.6 Å². The number of nitrogens with zero attached hydrogens (tertiary/aromatic N) is 4. The minimum Gasteiger partial charge on any atom is -0.491 e. The minimum atomic E-state index is 0.493. The number of hydrogen-bond acceptors (Lipinski definition) is 9. The second-order valence-corrected chi connectivity index (χ2v) is 8.15. The van der Waals surface area contributed by atoms with Crippen LogP contribution in [0, 0.1) is 0 Å². The molecular weight excluding hydrogens is 432 g/mol. The number of anilines is 6. The van der Waals surface area contributed by atoms with Gasteiger partial charge >= 0.3 is 0 Å². The lowest BCUT2D eigenvalue weighted by atomic mass is 10.2. The Hall–Kier alpha value is -3.56. The van der Waals surface area contributed by atoms with E-state index in [1.807, 2.05) is 24.3 Å². The molecule has 178 valence electrons. The predicted octanol–water partition coefficient (Wildman–Crippen LogP) is 3.65. The zero-order valence-electron chi connectivity index (χ0n) is 19.4. The fraction of sp³-hybridized carbons (Fsp3) is 0.360. The molecule has 2 N–H and O–H groups in total. The molecule has 2 aliphatic rings. The molecule has 9 nitrogen and oxygen atoms in total. The highest BCUT2D eigenvalue weighted by Crippen LogP contribution is 2.28. The number of nitrogens with one attached hydrogen (secondary N) is 2. The van der Waals surface area contributed by atoms with Gasteiger partial charge in [-0.25, -0.2) is 4.98 Å². The van der Waals surface area contributed by atoms with Crippen molar-refractivity contribution >= 4 is 34.5 Å². The van der Waals surface area contributed by atoms with Crippen molar-refractivity contribution in [1.82, 2.24) is 9.97 Å². The van der Waals surface area contributed by atoms with Gasteiger partial charge in [0.25, 0.3) is 0 Å². The SMILES string of the molecule is COc1cnc(Nc2ccc(N3CCOCC3)cc2)nc1Nc1ccc(N2CCOCC2)cc1. The Labute approximate surface area is 199 Å². The van der Waals surface area contributed by atoms with Crippen LogP contribution in [0.2, 0.25) is 0 Å². The van der Waals surface area contributed by atoms with E-state index >= 15 is 0 Å². The summed E-state index contributed by atoms with van der Waals surface area (Å²) in [5.41, 5.74) is 4.22. The number of benzene rings is 2. The van der Waals surface area contributed by atoms with E-state index < -0.39 is 0 Å². The van der Waals surface area contributed by atoms with Gasteiger partial charge in [0.2, 0.25) is 5.95 Å². The molecule has 1 aromatic heterocycles. The molecule has 0 saturated carbocycles. The second-order valence-electron chi connectivity index (χ2n) is 8.15. The van der Waals surface area contributed by atoms with E-state index in [9.17, 15) is 0 Å². The van der Waals surface area contributed by atoms with Crippen molar-refractivity contribution in [1.29, 1.82) is 0 Å². The Bertz CT molecular complexity index is 1070. The Morgan fingerprint density at radius 3 is 1.74 bits per heavy atom. The van der Waals surface area contributed by atoms with E-state index in [2.05, 4.69) is 54.7 Å². The number of rotatable bonds is 7. The highest BCUT2D eigenvalue weighted by molar-refractivity contribution is 5.67. The number of morpholine rings is 2. The standard InChI is InChI=1S/C25H30N6O3/c1-32-23-18-26-25(28-20-4-8-22(9-5-20)31-12-16-34-17-13-31)29-24(23)27-19-2-6-21(7-3-19)30-10-14-33-15-11-30/h2-9,18H,10-17H2,1H3,(H2,26,27,28,29). The van der Waals surface area contributed by atoms with Crippen molar-refractivity contribution in [3.8, 4) is 5.75 Å². The molecule has 0 atom stereocenters. The summed E-state index contributed by atoms with van der Waals surface area (Å²) in [6.45, 7) is 6.72. The molecule has 0 amide bonds.